The number of likely N-dealkylation sites (tertiary alicyclic amines) is 1. The van der Waals surface area contributed by atoms with E-state index in [0.29, 0.717) is 19.1 Å². The molecule has 0 aliphatic carbocycles. The summed E-state index contributed by atoms with van der Waals surface area (Å²) in [6.45, 7) is 5.23. The van der Waals surface area contributed by atoms with E-state index in [1.807, 2.05) is 6.07 Å². The average molecular weight is 394 g/mol. The second-order valence-electron chi connectivity index (χ2n) is 8.11. The Morgan fingerprint density at radius 1 is 1.03 bits per heavy atom. The molecule has 0 radical (unpaired) electrons. The lowest BCUT2D eigenvalue weighted by molar-refractivity contribution is -0.123. The molecule has 1 amide bonds. The third-order valence-electron chi connectivity index (χ3n) is 5.85. The van der Waals surface area contributed by atoms with Crippen molar-refractivity contribution in [3.63, 3.8) is 0 Å². The molecule has 2 aromatic carbocycles. The topological polar surface area (TPSA) is 53.6 Å². The fraction of sp³-hybridized carbons (Fsp3) is 0.458. The van der Waals surface area contributed by atoms with Gasteiger partial charge in [-0.2, -0.15) is 0 Å². The zero-order chi connectivity index (χ0) is 19.9. The van der Waals surface area contributed by atoms with Gasteiger partial charge in [0.15, 0.2) is 0 Å². The van der Waals surface area contributed by atoms with Gasteiger partial charge in [0.2, 0.25) is 5.91 Å². The first-order chi connectivity index (χ1) is 14.3. The maximum absolute atomic E-state index is 12.3. The minimum Gasteiger partial charge on any atom is -0.378 e. The minimum atomic E-state index is 0.142. The standard InChI is InChI=1S/C24H31N3O2/c28-24(16-23-18-29-15-12-25-23)26-22-10-13-27(14-11-22)17-19-6-8-21(9-7-19)20-4-2-1-3-5-20/h1-9,22-23,25H,10-18H2,(H,26,28). The molecular weight excluding hydrogens is 362 g/mol. The van der Waals surface area contributed by atoms with Crippen molar-refractivity contribution in [2.45, 2.75) is 37.9 Å². The number of piperidine rings is 1. The predicted molar refractivity (Wildman–Crippen MR) is 116 cm³/mol. The molecule has 2 aromatic rings. The molecule has 29 heavy (non-hydrogen) atoms. The van der Waals surface area contributed by atoms with Crippen LogP contribution in [0, 0.1) is 0 Å². The first-order valence-corrected chi connectivity index (χ1v) is 10.7. The van der Waals surface area contributed by atoms with Crippen molar-refractivity contribution in [2.75, 3.05) is 32.8 Å². The van der Waals surface area contributed by atoms with Crippen LogP contribution in [-0.4, -0.2) is 55.7 Å². The molecule has 2 aliphatic heterocycles. The highest BCUT2D eigenvalue weighted by molar-refractivity contribution is 5.77. The van der Waals surface area contributed by atoms with Crippen LogP contribution >= 0.6 is 0 Å². The monoisotopic (exact) mass is 393 g/mol. The van der Waals surface area contributed by atoms with Gasteiger partial charge >= 0.3 is 0 Å². The number of morpholine rings is 1. The summed E-state index contributed by atoms with van der Waals surface area (Å²) >= 11 is 0. The van der Waals surface area contributed by atoms with Crippen LogP contribution < -0.4 is 10.6 Å². The second kappa shape index (κ2) is 10.0. The molecule has 154 valence electrons. The Labute approximate surface area is 173 Å². The third-order valence-corrected chi connectivity index (χ3v) is 5.85. The summed E-state index contributed by atoms with van der Waals surface area (Å²) in [5.74, 6) is 0.142. The Morgan fingerprint density at radius 2 is 1.76 bits per heavy atom. The van der Waals surface area contributed by atoms with Crippen LogP contribution in [0.4, 0.5) is 0 Å². The van der Waals surface area contributed by atoms with Crippen molar-refractivity contribution in [3.8, 4) is 11.1 Å². The van der Waals surface area contributed by atoms with Gasteiger partial charge in [-0.15, -0.1) is 0 Å². The number of ether oxygens (including phenoxy) is 1. The number of rotatable bonds is 6. The molecule has 2 N–H and O–H groups in total. The molecule has 2 fully saturated rings. The first-order valence-electron chi connectivity index (χ1n) is 10.7. The van der Waals surface area contributed by atoms with Crippen LogP contribution in [0.5, 0.6) is 0 Å². The molecule has 2 heterocycles. The van der Waals surface area contributed by atoms with Crippen LogP contribution in [0.15, 0.2) is 54.6 Å². The summed E-state index contributed by atoms with van der Waals surface area (Å²) in [4.78, 5) is 14.8. The molecule has 2 aliphatic rings. The molecule has 2 saturated heterocycles. The van der Waals surface area contributed by atoms with E-state index in [9.17, 15) is 4.79 Å². The number of benzene rings is 2. The highest BCUT2D eigenvalue weighted by atomic mass is 16.5. The van der Waals surface area contributed by atoms with Gasteiger partial charge < -0.3 is 15.4 Å². The van der Waals surface area contributed by atoms with Gasteiger partial charge in [0, 0.05) is 44.7 Å². The van der Waals surface area contributed by atoms with Gasteiger partial charge in [0.25, 0.3) is 0 Å². The molecule has 0 saturated carbocycles. The SMILES string of the molecule is O=C(CC1COCCN1)NC1CCN(Cc2ccc(-c3ccccc3)cc2)CC1. The number of nitrogens with one attached hydrogen (secondary N) is 2. The lowest BCUT2D eigenvalue weighted by atomic mass is 10.0. The summed E-state index contributed by atoms with van der Waals surface area (Å²) in [7, 11) is 0. The average Bonchev–Trinajstić information content (AvgIpc) is 2.77. The summed E-state index contributed by atoms with van der Waals surface area (Å²) in [6, 6.07) is 19.8. The van der Waals surface area contributed by atoms with Crippen molar-refractivity contribution < 1.29 is 9.53 Å². The van der Waals surface area contributed by atoms with Crippen LogP contribution in [0.2, 0.25) is 0 Å². The van der Waals surface area contributed by atoms with E-state index in [1.165, 1.54) is 16.7 Å². The van der Waals surface area contributed by atoms with Gasteiger partial charge in [-0.3, -0.25) is 9.69 Å². The van der Waals surface area contributed by atoms with Crippen molar-refractivity contribution in [3.05, 3.63) is 60.2 Å². The number of amides is 1. The van der Waals surface area contributed by atoms with Crippen LogP contribution in [-0.2, 0) is 16.1 Å². The van der Waals surface area contributed by atoms with Crippen LogP contribution in [0.1, 0.15) is 24.8 Å². The van der Waals surface area contributed by atoms with E-state index in [4.69, 9.17) is 4.74 Å². The Bertz CT molecular complexity index is 764. The molecule has 0 aromatic heterocycles. The van der Waals surface area contributed by atoms with Crippen molar-refractivity contribution in [2.24, 2.45) is 0 Å². The van der Waals surface area contributed by atoms with E-state index in [1.54, 1.807) is 0 Å². The highest BCUT2D eigenvalue weighted by Gasteiger charge is 2.23. The zero-order valence-corrected chi connectivity index (χ0v) is 17.0. The molecule has 5 nitrogen and oxygen atoms in total. The number of hydrogen-bond donors (Lipinski definition) is 2. The second-order valence-corrected chi connectivity index (χ2v) is 8.11. The van der Waals surface area contributed by atoms with Gasteiger partial charge in [0.1, 0.15) is 0 Å². The number of carbonyl (C=O) groups excluding carboxylic acids is 1. The number of hydrogen-bond acceptors (Lipinski definition) is 4. The summed E-state index contributed by atoms with van der Waals surface area (Å²) in [6.07, 6.45) is 2.54. The Kier molecular flexibility index (Phi) is 6.93. The Hall–Kier alpha value is -2.21. The normalized spacial score (nSPS) is 21.0. The number of nitrogens with zero attached hydrogens (tertiary/aromatic N) is 1. The van der Waals surface area contributed by atoms with Crippen molar-refractivity contribution >= 4 is 5.91 Å². The van der Waals surface area contributed by atoms with Crippen molar-refractivity contribution in [1.29, 1.82) is 0 Å². The van der Waals surface area contributed by atoms with E-state index in [0.717, 1.165) is 45.6 Å². The zero-order valence-electron chi connectivity index (χ0n) is 17.0. The van der Waals surface area contributed by atoms with Crippen LogP contribution in [0.3, 0.4) is 0 Å². The predicted octanol–water partition coefficient (Wildman–Crippen LogP) is 2.81. The smallest absolute Gasteiger partial charge is 0.221 e. The number of carbonyl (C=O) groups is 1. The van der Waals surface area contributed by atoms with E-state index in [-0.39, 0.29) is 11.9 Å². The lowest BCUT2D eigenvalue weighted by Crippen LogP contribution is -2.48. The molecule has 0 spiro atoms. The first kappa shape index (κ1) is 20.1. The van der Waals surface area contributed by atoms with Gasteiger partial charge in [0.05, 0.1) is 13.2 Å². The fourth-order valence-corrected chi connectivity index (χ4v) is 4.19. The lowest BCUT2D eigenvalue weighted by Gasteiger charge is -2.33. The quantitative estimate of drug-likeness (QED) is 0.793. The maximum Gasteiger partial charge on any atom is 0.221 e. The molecule has 0 bridgehead atoms. The summed E-state index contributed by atoms with van der Waals surface area (Å²) in [5.41, 5.74) is 3.86. The summed E-state index contributed by atoms with van der Waals surface area (Å²) < 4.78 is 5.43. The molecule has 4 rings (SSSR count). The molecule has 1 atom stereocenters. The third kappa shape index (κ3) is 5.89. The Balaban J connectivity index is 1.20. The van der Waals surface area contributed by atoms with Crippen LogP contribution in [0.25, 0.3) is 11.1 Å². The molecular formula is C24H31N3O2. The van der Waals surface area contributed by atoms with E-state index in [2.05, 4.69) is 64.1 Å². The van der Waals surface area contributed by atoms with Gasteiger partial charge in [-0.1, -0.05) is 54.6 Å². The highest BCUT2D eigenvalue weighted by Crippen LogP contribution is 2.21. The fourth-order valence-electron chi connectivity index (χ4n) is 4.19. The van der Waals surface area contributed by atoms with Gasteiger partial charge in [-0.25, -0.2) is 0 Å². The molecule has 1 unspecified atom stereocenters. The Morgan fingerprint density at radius 3 is 2.45 bits per heavy atom. The maximum atomic E-state index is 12.3. The van der Waals surface area contributed by atoms with Gasteiger partial charge in [-0.05, 0) is 29.5 Å². The molecule has 5 heteroatoms. The largest absolute Gasteiger partial charge is 0.378 e. The van der Waals surface area contributed by atoms with E-state index >= 15 is 0 Å². The minimum absolute atomic E-state index is 0.142. The van der Waals surface area contributed by atoms with E-state index < -0.39 is 0 Å². The summed E-state index contributed by atoms with van der Waals surface area (Å²) in [5, 5.41) is 6.56. The van der Waals surface area contributed by atoms with Crippen molar-refractivity contribution in [1.82, 2.24) is 15.5 Å².